The van der Waals surface area contributed by atoms with E-state index in [1.54, 1.807) is 21.3 Å². The van der Waals surface area contributed by atoms with Gasteiger partial charge in [0.25, 0.3) is 0 Å². The number of methoxy groups -OCH3 is 3. The first-order valence-electron chi connectivity index (χ1n) is 10.9. The maximum Gasteiger partial charge on any atom is 0.180 e. The van der Waals surface area contributed by atoms with Gasteiger partial charge in [-0.3, -0.25) is 0 Å². The van der Waals surface area contributed by atoms with E-state index in [1.807, 2.05) is 29.8 Å². The number of aromatic amines is 1. The Kier molecular flexibility index (Phi) is 5.55. The van der Waals surface area contributed by atoms with E-state index in [0.717, 1.165) is 54.4 Å². The fraction of sp³-hybridized carbons (Fsp3) is 0.435. The highest BCUT2D eigenvalue weighted by Crippen LogP contribution is 2.41. The van der Waals surface area contributed by atoms with Crippen molar-refractivity contribution in [1.82, 2.24) is 29.4 Å². The van der Waals surface area contributed by atoms with Gasteiger partial charge in [0.15, 0.2) is 11.4 Å². The molecule has 1 N–H and O–H groups in total. The Labute approximate surface area is 192 Å². The molecule has 0 spiro atoms. The molecule has 0 atom stereocenters. The van der Waals surface area contributed by atoms with Crippen molar-refractivity contribution in [2.75, 3.05) is 59.5 Å². The lowest BCUT2D eigenvalue weighted by Crippen LogP contribution is -2.44. The number of nitrogens with one attached hydrogen (secondary N) is 1. The summed E-state index contributed by atoms with van der Waals surface area (Å²) in [6.45, 7) is 4.35. The quantitative estimate of drug-likeness (QED) is 0.478. The van der Waals surface area contributed by atoms with Gasteiger partial charge in [-0.05, 0) is 25.2 Å². The highest BCUT2D eigenvalue weighted by Gasteiger charge is 2.23. The summed E-state index contributed by atoms with van der Waals surface area (Å²) < 4.78 is 18.8. The predicted molar refractivity (Wildman–Crippen MR) is 127 cm³/mol. The average Bonchev–Trinajstić information content (AvgIpc) is 3.39. The Bertz CT molecular complexity index is 1300. The van der Waals surface area contributed by atoms with E-state index in [1.165, 1.54) is 0 Å². The zero-order chi connectivity index (χ0) is 23.1. The maximum atomic E-state index is 5.82. The number of imidazole rings is 2. The highest BCUT2D eigenvalue weighted by atomic mass is 16.5. The van der Waals surface area contributed by atoms with Gasteiger partial charge in [0.05, 0.1) is 25.3 Å². The van der Waals surface area contributed by atoms with E-state index in [2.05, 4.69) is 21.8 Å². The molecule has 4 heterocycles. The minimum atomic E-state index is 0.385. The molecule has 5 rings (SSSR count). The van der Waals surface area contributed by atoms with Crippen molar-refractivity contribution in [3.05, 3.63) is 24.0 Å². The number of fused-ring (bicyclic) bond motifs is 2. The number of hydrogen-bond donors (Lipinski definition) is 1. The van der Waals surface area contributed by atoms with Crippen LogP contribution in [0.3, 0.4) is 0 Å². The molecule has 1 saturated heterocycles. The number of benzene rings is 1. The van der Waals surface area contributed by atoms with Crippen LogP contribution in [0.4, 0.5) is 5.82 Å². The van der Waals surface area contributed by atoms with Crippen LogP contribution in [0.15, 0.2) is 18.2 Å². The van der Waals surface area contributed by atoms with Crippen LogP contribution in [-0.2, 0) is 18.4 Å². The second-order valence-electron chi connectivity index (χ2n) is 8.29. The molecule has 1 aromatic carbocycles. The van der Waals surface area contributed by atoms with Crippen molar-refractivity contribution >= 4 is 28.0 Å². The van der Waals surface area contributed by atoms with Gasteiger partial charge in [0.2, 0.25) is 0 Å². The van der Waals surface area contributed by atoms with Crippen LogP contribution in [0, 0.1) is 0 Å². The largest absolute Gasteiger partial charge is 0.494 e. The molecule has 33 heavy (non-hydrogen) atoms. The van der Waals surface area contributed by atoms with E-state index in [0.29, 0.717) is 35.1 Å². The number of rotatable bonds is 6. The Morgan fingerprint density at radius 3 is 2.45 bits per heavy atom. The second-order valence-corrected chi connectivity index (χ2v) is 8.29. The van der Waals surface area contributed by atoms with E-state index >= 15 is 0 Å². The number of anilines is 1. The first-order chi connectivity index (χ1) is 16.0. The molecular formula is C23H29N7O3. The van der Waals surface area contributed by atoms with Crippen LogP contribution < -0.4 is 14.4 Å². The van der Waals surface area contributed by atoms with Crippen molar-refractivity contribution in [2.24, 2.45) is 7.05 Å². The van der Waals surface area contributed by atoms with Crippen LogP contribution in [0.25, 0.3) is 33.6 Å². The average molecular weight is 452 g/mol. The summed E-state index contributed by atoms with van der Waals surface area (Å²) in [5.74, 6) is 3.70. The van der Waals surface area contributed by atoms with Gasteiger partial charge < -0.3 is 33.6 Å². The Morgan fingerprint density at radius 2 is 1.76 bits per heavy atom. The Balaban J connectivity index is 1.61. The fourth-order valence-electron chi connectivity index (χ4n) is 4.40. The van der Waals surface area contributed by atoms with E-state index in [9.17, 15) is 0 Å². The third kappa shape index (κ3) is 3.65. The van der Waals surface area contributed by atoms with Gasteiger partial charge in [-0.15, -0.1) is 0 Å². The SMILES string of the molecule is COCc1nc2c(OC)c(-c3nc4nc(N5CCN(C)CC5)ccc4[nH]3)cc(OC)c2n1C. The number of aryl methyl sites for hydroxylation is 1. The minimum Gasteiger partial charge on any atom is -0.494 e. The lowest BCUT2D eigenvalue weighted by Gasteiger charge is -2.33. The van der Waals surface area contributed by atoms with Crippen LogP contribution in [-0.4, -0.2) is 84.0 Å². The molecule has 0 unspecified atom stereocenters. The maximum absolute atomic E-state index is 5.82. The first-order valence-corrected chi connectivity index (χ1v) is 10.9. The molecule has 1 fully saturated rings. The lowest BCUT2D eigenvalue weighted by atomic mass is 10.1. The zero-order valence-electron chi connectivity index (χ0n) is 19.7. The third-order valence-electron chi connectivity index (χ3n) is 6.27. The minimum absolute atomic E-state index is 0.385. The summed E-state index contributed by atoms with van der Waals surface area (Å²) in [5, 5.41) is 0. The smallest absolute Gasteiger partial charge is 0.180 e. The molecule has 4 aromatic rings. The molecule has 0 bridgehead atoms. The molecule has 0 amide bonds. The molecule has 10 nitrogen and oxygen atoms in total. The van der Waals surface area contributed by atoms with Crippen LogP contribution >= 0.6 is 0 Å². The number of hydrogen-bond acceptors (Lipinski definition) is 8. The summed E-state index contributed by atoms with van der Waals surface area (Å²) in [5.41, 5.74) is 3.85. The zero-order valence-corrected chi connectivity index (χ0v) is 19.7. The number of likely N-dealkylation sites (N-methyl/N-ethyl adjacent to an activating group) is 1. The number of aromatic nitrogens is 5. The number of nitrogens with zero attached hydrogens (tertiary/aromatic N) is 6. The molecule has 10 heteroatoms. The first kappa shape index (κ1) is 21.5. The summed E-state index contributed by atoms with van der Waals surface area (Å²) >= 11 is 0. The van der Waals surface area contributed by atoms with Gasteiger partial charge in [-0.1, -0.05) is 0 Å². The molecule has 0 aliphatic carbocycles. The third-order valence-corrected chi connectivity index (χ3v) is 6.27. The number of piperazine rings is 1. The molecular weight excluding hydrogens is 422 g/mol. The van der Waals surface area contributed by atoms with Gasteiger partial charge >= 0.3 is 0 Å². The van der Waals surface area contributed by atoms with E-state index in [-0.39, 0.29) is 0 Å². The second kappa shape index (κ2) is 8.53. The van der Waals surface area contributed by atoms with Gasteiger partial charge in [-0.2, -0.15) is 0 Å². The van der Waals surface area contributed by atoms with Crippen molar-refractivity contribution in [3.63, 3.8) is 0 Å². The number of ether oxygens (including phenoxy) is 3. The molecule has 0 saturated carbocycles. The van der Waals surface area contributed by atoms with Crippen LogP contribution in [0.1, 0.15) is 5.82 Å². The van der Waals surface area contributed by atoms with Gasteiger partial charge in [0.1, 0.15) is 40.9 Å². The van der Waals surface area contributed by atoms with Gasteiger partial charge in [-0.25, -0.2) is 15.0 Å². The van der Waals surface area contributed by atoms with Crippen molar-refractivity contribution in [2.45, 2.75) is 6.61 Å². The number of pyridine rings is 1. The van der Waals surface area contributed by atoms with E-state index in [4.69, 9.17) is 29.2 Å². The molecule has 3 aromatic heterocycles. The summed E-state index contributed by atoms with van der Waals surface area (Å²) in [6, 6.07) is 6.01. The summed E-state index contributed by atoms with van der Waals surface area (Å²) in [6.07, 6.45) is 0. The van der Waals surface area contributed by atoms with Crippen LogP contribution in [0.2, 0.25) is 0 Å². The summed E-state index contributed by atoms with van der Waals surface area (Å²) in [7, 11) is 9.03. The molecule has 1 aliphatic heterocycles. The van der Waals surface area contributed by atoms with Crippen molar-refractivity contribution < 1.29 is 14.2 Å². The van der Waals surface area contributed by atoms with Crippen molar-refractivity contribution in [3.8, 4) is 22.9 Å². The molecule has 1 aliphatic rings. The normalized spacial score (nSPS) is 15.0. The standard InChI is InChI=1S/C23H29N7O3/c1-28-8-10-30(11-9-28)17-7-6-15-23(26-17)27-22(24-15)14-12-16(32-4)20-19(21(14)33-5)25-18(13-31-3)29(20)2/h6-7,12H,8-11,13H2,1-5H3,(H,24,26,27). The van der Waals surface area contributed by atoms with Crippen LogP contribution in [0.5, 0.6) is 11.5 Å². The Morgan fingerprint density at radius 1 is 0.970 bits per heavy atom. The van der Waals surface area contributed by atoms with Gasteiger partial charge in [0, 0.05) is 40.3 Å². The predicted octanol–water partition coefficient (Wildman–Crippen LogP) is 2.43. The monoisotopic (exact) mass is 451 g/mol. The molecule has 174 valence electrons. The van der Waals surface area contributed by atoms with E-state index < -0.39 is 0 Å². The summed E-state index contributed by atoms with van der Waals surface area (Å²) in [4.78, 5) is 22.4. The number of H-pyrrole nitrogens is 1. The lowest BCUT2D eigenvalue weighted by molar-refractivity contribution is 0.175. The highest BCUT2D eigenvalue weighted by molar-refractivity contribution is 5.95. The topological polar surface area (TPSA) is 93.6 Å². The Hall–Kier alpha value is -3.37. The fourth-order valence-corrected chi connectivity index (χ4v) is 4.40. The molecule has 0 radical (unpaired) electrons. The van der Waals surface area contributed by atoms with Crippen molar-refractivity contribution in [1.29, 1.82) is 0 Å².